The third-order valence-corrected chi connectivity index (χ3v) is 2.25. The van der Waals surface area contributed by atoms with Gasteiger partial charge in [-0.1, -0.05) is 0 Å². The Hall–Kier alpha value is -2.13. The Morgan fingerprint density at radius 1 is 1.05 bits per heavy atom. The number of benzene rings is 1. The number of halogens is 8. The number of anilines is 1. The van der Waals surface area contributed by atoms with Crippen molar-refractivity contribution in [1.29, 1.82) is 0 Å². The highest BCUT2D eigenvalue weighted by molar-refractivity contribution is 5.95. The zero-order valence-corrected chi connectivity index (χ0v) is 10.4. The summed E-state index contributed by atoms with van der Waals surface area (Å²) in [5.74, 6) is -3.17. The van der Waals surface area contributed by atoms with Gasteiger partial charge in [-0.05, 0) is 24.3 Å². The number of alkyl halides is 7. The molecule has 1 rings (SSSR count). The van der Waals surface area contributed by atoms with E-state index < -0.39 is 41.9 Å². The zero-order valence-electron chi connectivity index (χ0n) is 10.4. The molecule has 1 N–H and O–H groups in total. The van der Waals surface area contributed by atoms with E-state index in [2.05, 4.69) is 0 Å². The van der Waals surface area contributed by atoms with Crippen LogP contribution < -0.4 is 5.32 Å². The third-order valence-electron chi connectivity index (χ3n) is 2.25. The fourth-order valence-corrected chi connectivity index (χ4v) is 1.25. The van der Waals surface area contributed by atoms with Crippen molar-refractivity contribution in [2.45, 2.75) is 18.5 Å². The van der Waals surface area contributed by atoms with E-state index >= 15 is 0 Å². The van der Waals surface area contributed by atoms with Crippen LogP contribution in [0.25, 0.3) is 0 Å². The van der Waals surface area contributed by atoms with Crippen molar-refractivity contribution >= 4 is 11.5 Å². The smallest absolute Gasteiger partial charge is 0.351 e. The summed E-state index contributed by atoms with van der Waals surface area (Å²) in [6.45, 7) is 0. The summed E-state index contributed by atoms with van der Waals surface area (Å²) in [6.07, 6.45) is -15.4. The van der Waals surface area contributed by atoms with Crippen LogP contribution in [-0.4, -0.2) is 24.3 Å². The summed E-state index contributed by atoms with van der Waals surface area (Å²) in [7, 11) is 0. The largest absolute Gasteiger partial charge is 0.431 e. The van der Waals surface area contributed by atoms with Crippen LogP contribution >= 0.6 is 0 Å². The van der Waals surface area contributed by atoms with Crippen molar-refractivity contribution < 1.29 is 39.9 Å². The first-order chi connectivity index (χ1) is 9.91. The number of ketones is 1. The van der Waals surface area contributed by atoms with Crippen molar-refractivity contribution in [3.63, 3.8) is 0 Å². The van der Waals surface area contributed by atoms with E-state index in [9.17, 15) is 39.9 Å². The van der Waals surface area contributed by atoms with Gasteiger partial charge in [0.1, 0.15) is 11.5 Å². The molecule has 122 valence electrons. The van der Waals surface area contributed by atoms with Crippen molar-refractivity contribution in [3.05, 3.63) is 41.9 Å². The molecule has 1 unspecified atom stereocenters. The molecule has 0 heterocycles. The molecule has 0 saturated heterocycles. The van der Waals surface area contributed by atoms with Gasteiger partial charge in [0.25, 0.3) is 6.17 Å². The van der Waals surface area contributed by atoms with Gasteiger partial charge in [0, 0.05) is 11.8 Å². The van der Waals surface area contributed by atoms with Gasteiger partial charge in [0.2, 0.25) is 5.78 Å². The lowest BCUT2D eigenvalue weighted by atomic mass is 10.2. The lowest BCUT2D eigenvalue weighted by Crippen LogP contribution is -2.33. The third kappa shape index (κ3) is 5.01. The molecule has 0 aliphatic carbocycles. The molecule has 0 radical (unpaired) electrons. The SMILES string of the molecule is O=C(/C=C(\Nc1ccc(F)cc1)C(F)(F)F)C(F)C(F)(F)F. The molecule has 0 aromatic heterocycles. The lowest BCUT2D eigenvalue weighted by molar-refractivity contribution is -0.183. The van der Waals surface area contributed by atoms with E-state index in [0.717, 1.165) is 24.3 Å². The molecule has 0 saturated carbocycles. The Balaban J connectivity index is 3.06. The minimum Gasteiger partial charge on any atom is -0.351 e. The first kappa shape index (κ1) is 17.9. The fraction of sp³-hybridized carbons (Fsp3) is 0.250. The number of hydrogen-bond acceptors (Lipinski definition) is 2. The summed E-state index contributed by atoms with van der Waals surface area (Å²) in [5, 5.41) is 1.60. The standard InChI is InChI=1S/C12H7F8NO/c13-6-1-3-7(4-2-6)21-9(11(15,16)17)5-8(22)10(14)12(18,19)20/h1-5,10,21H/b9-5-. The minimum atomic E-state index is -5.61. The molecule has 1 atom stereocenters. The van der Waals surface area contributed by atoms with Crippen molar-refractivity contribution in [1.82, 2.24) is 0 Å². The molecular weight excluding hydrogens is 326 g/mol. The predicted octanol–water partition coefficient (Wildman–Crippen LogP) is 4.15. The van der Waals surface area contributed by atoms with Crippen LogP contribution in [0.15, 0.2) is 36.0 Å². The summed E-state index contributed by atoms with van der Waals surface area (Å²) in [4.78, 5) is 10.9. The van der Waals surface area contributed by atoms with Crippen molar-refractivity contribution in [2.24, 2.45) is 0 Å². The molecule has 1 aromatic carbocycles. The molecule has 0 fully saturated rings. The predicted molar refractivity (Wildman–Crippen MR) is 60.1 cm³/mol. The molecular formula is C12H7F8NO. The van der Waals surface area contributed by atoms with Gasteiger partial charge in [0.05, 0.1) is 0 Å². The highest BCUT2D eigenvalue weighted by atomic mass is 19.4. The molecule has 0 spiro atoms. The molecule has 22 heavy (non-hydrogen) atoms. The summed E-state index contributed by atoms with van der Waals surface area (Å²) in [5.41, 5.74) is -2.25. The molecule has 1 aromatic rings. The first-order valence-electron chi connectivity index (χ1n) is 5.47. The van der Waals surface area contributed by atoms with Crippen LogP contribution in [0.5, 0.6) is 0 Å². The van der Waals surface area contributed by atoms with E-state index in [-0.39, 0.29) is 5.69 Å². The number of allylic oxidation sites excluding steroid dienone is 2. The maximum Gasteiger partial charge on any atom is 0.431 e. The fourth-order valence-electron chi connectivity index (χ4n) is 1.25. The average molecular weight is 333 g/mol. The molecule has 0 aliphatic rings. The molecule has 0 aliphatic heterocycles. The van der Waals surface area contributed by atoms with E-state index in [0.29, 0.717) is 0 Å². The Bertz CT molecular complexity index is 558. The zero-order chi connectivity index (χ0) is 17.1. The highest BCUT2D eigenvalue weighted by Crippen LogP contribution is 2.29. The number of nitrogens with one attached hydrogen (secondary N) is 1. The second-order valence-corrected chi connectivity index (χ2v) is 3.99. The number of hydrogen-bond donors (Lipinski definition) is 1. The van der Waals surface area contributed by atoms with Crippen LogP contribution in [0.4, 0.5) is 40.8 Å². The van der Waals surface area contributed by atoms with Crippen LogP contribution in [0.1, 0.15) is 0 Å². The Kier molecular flexibility index (Phi) is 5.15. The molecule has 10 heteroatoms. The number of carbonyl (C=O) groups excluding carboxylic acids is 1. The van der Waals surface area contributed by atoms with Crippen LogP contribution in [-0.2, 0) is 4.79 Å². The summed E-state index contributed by atoms with van der Waals surface area (Å²) < 4.78 is 99.1. The Labute approximate surface area is 118 Å². The van der Waals surface area contributed by atoms with E-state index in [1.807, 2.05) is 0 Å². The maximum atomic E-state index is 12.7. The molecule has 2 nitrogen and oxygen atoms in total. The van der Waals surface area contributed by atoms with E-state index in [1.165, 1.54) is 0 Å². The van der Waals surface area contributed by atoms with Crippen molar-refractivity contribution in [3.8, 4) is 0 Å². The first-order valence-corrected chi connectivity index (χ1v) is 5.47. The lowest BCUT2D eigenvalue weighted by Gasteiger charge is -2.15. The number of carbonyl (C=O) groups is 1. The molecule has 0 bridgehead atoms. The second kappa shape index (κ2) is 6.32. The van der Waals surface area contributed by atoms with Crippen LogP contribution in [0.2, 0.25) is 0 Å². The average Bonchev–Trinajstić information content (AvgIpc) is 2.37. The van der Waals surface area contributed by atoms with Gasteiger partial charge >= 0.3 is 12.4 Å². The van der Waals surface area contributed by atoms with Gasteiger partial charge in [-0.2, -0.15) is 26.3 Å². The topological polar surface area (TPSA) is 29.1 Å². The quantitative estimate of drug-likeness (QED) is 0.662. The Morgan fingerprint density at radius 2 is 1.55 bits per heavy atom. The van der Waals surface area contributed by atoms with E-state index in [4.69, 9.17) is 0 Å². The van der Waals surface area contributed by atoms with Gasteiger partial charge in [-0.3, -0.25) is 4.79 Å². The van der Waals surface area contributed by atoms with Crippen LogP contribution in [0, 0.1) is 5.82 Å². The monoisotopic (exact) mass is 333 g/mol. The van der Waals surface area contributed by atoms with Gasteiger partial charge in [-0.25, -0.2) is 8.78 Å². The number of rotatable bonds is 4. The normalized spacial score (nSPS) is 14.6. The van der Waals surface area contributed by atoms with Gasteiger partial charge < -0.3 is 5.32 Å². The summed E-state index contributed by atoms with van der Waals surface area (Å²) >= 11 is 0. The van der Waals surface area contributed by atoms with Gasteiger partial charge in [-0.15, -0.1) is 0 Å². The summed E-state index contributed by atoms with van der Waals surface area (Å²) in [6, 6.07) is 3.28. The molecule has 0 amide bonds. The minimum absolute atomic E-state index is 0.347. The van der Waals surface area contributed by atoms with Crippen LogP contribution in [0.3, 0.4) is 0 Å². The van der Waals surface area contributed by atoms with Gasteiger partial charge in [0.15, 0.2) is 0 Å². The van der Waals surface area contributed by atoms with Crippen molar-refractivity contribution in [2.75, 3.05) is 5.32 Å². The highest BCUT2D eigenvalue weighted by Gasteiger charge is 2.46. The Morgan fingerprint density at radius 3 is 1.95 bits per heavy atom. The maximum absolute atomic E-state index is 12.7. The van der Waals surface area contributed by atoms with E-state index in [1.54, 1.807) is 5.32 Å². The second-order valence-electron chi connectivity index (χ2n) is 3.99.